The lowest BCUT2D eigenvalue weighted by Gasteiger charge is -2.15. The summed E-state index contributed by atoms with van der Waals surface area (Å²) in [7, 11) is 0. The van der Waals surface area contributed by atoms with Gasteiger partial charge >= 0.3 is 0 Å². The van der Waals surface area contributed by atoms with Crippen LogP contribution in [0.25, 0.3) is 0 Å². The van der Waals surface area contributed by atoms with Crippen molar-refractivity contribution >= 4 is 11.9 Å². The second-order valence-electron chi connectivity index (χ2n) is 3.30. The normalized spacial score (nSPS) is 11.9. The fourth-order valence-electron chi connectivity index (χ4n) is 0.839. The standard InChI is InChI=1S/C7H16N6O2/c1-4(2)3-5(11-6(8)9)15-13-7(10)12-14/h4-5H,3H2,1-2H3,(H2,10,13)(H4,8,9,11). The summed E-state index contributed by atoms with van der Waals surface area (Å²) in [5, 5.41) is 9.17. The molecular formula is C7H16N6O2. The minimum absolute atomic E-state index is 0.118. The molecule has 15 heavy (non-hydrogen) atoms. The summed E-state index contributed by atoms with van der Waals surface area (Å²) >= 11 is 0. The van der Waals surface area contributed by atoms with Crippen LogP contribution in [0.2, 0.25) is 0 Å². The van der Waals surface area contributed by atoms with Gasteiger partial charge in [-0.05, 0) is 12.3 Å². The summed E-state index contributed by atoms with van der Waals surface area (Å²) in [5.41, 5.74) is 12.4. The van der Waals surface area contributed by atoms with Gasteiger partial charge in [0, 0.05) is 5.18 Å². The number of hydroxylamine groups is 1. The monoisotopic (exact) mass is 216 g/mol. The molecule has 0 aliphatic rings. The molecule has 0 spiro atoms. The summed E-state index contributed by atoms with van der Waals surface area (Å²) in [6.45, 7) is 3.92. The van der Waals surface area contributed by atoms with Crippen molar-refractivity contribution in [2.75, 3.05) is 0 Å². The van der Waals surface area contributed by atoms with Crippen LogP contribution in [0.15, 0.2) is 10.2 Å². The molecule has 0 saturated carbocycles. The van der Waals surface area contributed by atoms with Gasteiger partial charge in [-0.15, -0.1) is 4.91 Å². The molecular weight excluding hydrogens is 200 g/mol. The van der Waals surface area contributed by atoms with Crippen molar-refractivity contribution in [1.29, 1.82) is 5.41 Å². The topological polar surface area (TPSA) is 139 Å². The molecule has 86 valence electrons. The predicted molar refractivity (Wildman–Crippen MR) is 56.8 cm³/mol. The Labute approximate surface area is 87.5 Å². The zero-order valence-corrected chi connectivity index (χ0v) is 8.73. The SMILES string of the molecule is CC(C)CC(N=C(N)N)ONC(=N)N=O. The Morgan fingerprint density at radius 3 is 2.53 bits per heavy atom. The second kappa shape index (κ2) is 6.71. The highest BCUT2D eigenvalue weighted by molar-refractivity contribution is 5.76. The molecule has 8 heteroatoms. The van der Waals surface area contributed by atoms with Crippen molar-refractivity contribution in [2.24, 2.45) is 27.6 Å². The van der Waals surface area contributed by atoms with Gasteiger partial charge in [-0.25, -0.2) is 15.3 Å². The van der Waals surface area contributed by atoms with Gasteiger partial charge in [0.1, 0.15) is 0 Å². The number of hydrogen-bond acceptors (Lipinski definition) is 4. The third kappa shape index (κ3) is 7.38. The fourth-order valence-corrected chi connectivity index (χ4v) is 0.839. The van der Waals surface area contributed by atoms with E-state index in [1.165, 1.54) is 0 Å². The quantitative estimate of drug-likeness (QED) is 0.219. The first-order chi connectivity index (χ1) is 6.95. The van der Waals surface area contributed by atoms with Crippen molar-refractivity contribution in [3.05, 3.63) is 4.91 Å². The molecule has 1 unspecified atom stereocenters. The van der Waals surface area contributed by atoms with E-state index < -0.39 is 12.2 Å². The van der Waals surface area contributed by atoms with Gasteiger partial charge in [0.15, 0.2) is 12.2 Å². The van der Waals surface area contributed by atoms with Gasteiger partial charge < -0.3 is 11.5 Å². The molecule has 1 atom stereocenters. The van der Waals surface area contributed by atoms with E-state index in [-0.39, 0.29) is 5.96 Å². The first-order valence-corrected chi connectivity index (χ1v) is 4.38. The number of nitrogens with zero attached hydrogens (tertiary/aromatic N) is 2. The van der Waals surface area contributed by atoms with Crippen LogP contribution >= 0.6 is 0 Å². The first kappa shape index (κ1) is 13.3. The van der Waals surface area contributed by atoms with Crippen LogP contribution in [0.3, 0.4) is 0 Å². The molecule has 6 N–H and O–H groups in total. The molecule has 0 aliphatic heterocycles. The van der Waals surface area contributed by atoms with E-state index in [0.717, 1.165) is 0 Å². The van der Waals surface area contributed by atoms with Crippen LogP contribution in [-0.2, 0) is 4.84 Å². The predicted octanol–water partition coefficient (Wildman–Crippen LogP) is -0.146. The maximum absolute atomic E-state index is 9.86. The van der Waals surface area contributed by atoms with Crippen LogP contribution in [0, 0.1) is 16.2 Å². The third-order valence-electron chi connectivity index (χ3n) is 1.35. The highest BCUT2D eigenvalue weighted by Crippen LogP contribution is 2.08. The molecule has 0 fully saturated rings. The van der Waals surface area contributed by atoms with Gasteiger partial charge in [-0.1, -0.05) is 13.8 Å². The van der Waals surface area contributed by atoms with Gasteiger partial charge in [-0.2, -0.15) is 0 Å². The Kier molecular flexibility index (Phi) is 5.95. The number of nitroso groups, excluding NO2 is 1. The van der Waals surface area contributed by atoms with Crippen LogP contribution in [-0.4, -0.2) is 18.1 Å². The van der Waals surface area contributed by atoms with Crippen molar-refractivity contribution in [2.45, 2.75) is 26.5 Å². The third-order valence-corrected chi connectivity index (χ3v) is 1.35. The van der Waals surface area contributed by atoms with E-state index in [2.05, 4.69) is 10.2 Å². The molecule has 0 aromatic rings. The highest BCUT2D eigenvalue weighted by Gasteiger charge is 2.11. The van der Waals surface area contributed by atoms with Crippen LogP contribution in [0.5, 0.6) is 0 Å². The van der Waals surface area contributed by atoms with Crippen molar-refractivity contribution in [1.82, 2.24) is 5.48 Å². The molecule has 0 radical (unpaired) electrons. The molecule has 0 bridgehead atoms. The van der Waals surface area contributed by atoms with E-state index >= 15 is 0 Å². The zero-order chi connectivity index (χ0) is 11.8. The summed E-state index contributed by atoms with van der Waals surface area (Å²) in [6, 6.07) is 0. The lowest BCUT2D eigenvalue weighted by atomic mass is 10.1. The smallest absolute Gasteiger partial charge is 0.281 e. The van der Waals surface area contributed by atoms with Gasteiger partial charge in [0.25, 0.3) is 5.96 Å². The summed E-state index contributed by atoms with van der Waals surface area (Å²) in [6.07, 6.45) is -0.0890. The van der Waals surface area contributed by atoms with E-state index in [9.17, 15) is 4.91 Å². The van der Waals surface area contributed by atoms with Crippen LogP contribution in [0.4, 0.5) is 0 Å². The Bertz CT molecular complexity index is 248. The minimum atomic E-state index is -0.642. The van der Waals surface area contributed by atoms with E-state index in [1.54, 1.807) is 0 Å². The van der Waals surface area contributed by atoms with E-state index in [4.69, 9.17) is 21.7 Å². The van der Waals surface area contributed by atoms with E-state index in [0.29, 0.717) is 12.3 Å². The van der Waals surface area contributed by atoms with Crippen molar-refractivity contribution < 1.29 is 4.84 Å². The average Bonchev–Trinajstić information content (AvgIpc) is 2.11. The Hall–Kier alpha value is -1.70. The van der Waals surface area contributed by atoms with Gasteiger partial charge in [0.05, 0.1) is 0 Å². The number of guanidine groups is 2. The Morgan fingerprint density at radius 1 is 1.53 bits per heavy atom. The fraction of sp³-hybridized carbons (Fsp3) is 0.714. The van der Waals surface area contributed by atoms with Gasteiger partial charge in [0.2, 0.25) is 0 Å². The first-order valence-electron chi connectivity index (χ1n) is 4.38. The molecule has 8 nitrogen and oxygen atoms in total. The number of nitrogens with one attached hydrogen (secondary N) is 2. The van der Waals surface area contributed by atoms with Gasteiger partial charge in [-0.3, -0.25) is 5.41 Å². The maximum Gasteiger partial charge on any atom is 0.281 e. The Balaban J connectivity index is 4.18. The molecule has 0 aliphatic carbocycles. The second-order valence-corrected chi connectivity index (χ2v) is 3.30. The lowest BCUT2D eigenvalue weighted by molar-refractivity contribution is 0.00307. The molecule has 0 aromatic carbocycles. The number of rotatable bonds is 5. The highest BCUT2D eigenvalue weighted by atomic mass is 16.7. The minimum Gasteiger partial charge on any atom is -0.370 e. The summed E-state index contributed by atoms with van der Waals surface area (Å²) in [4.78, 5) is 18.5. The average molecular weight is 216 g/mol. The summed E-state index contributed by atoms with van der Waals surface area (Å²) in [5.74, 6) is -0.444. The Morgan fingerprint density at radius 2 is 2.13 bits per heavy atom. The number of nitrogens with two attached hydrogens (primary N) is 2. The van der Waals surface area contributed by atoms with Crippen LogP contribution in [0.1, 0.15) is 20.3 Å². The van der Waals surface area contributed by atoms with E-state index in [1.807, 2.05) is 19.3 Å². The number of aliphatic imine (C=N–C) groups is 1. The number of hydrogen-bond donors (Lipinski definition) is 4. The molecule has 0 heterocycles. The molecule has 0 amide bonds. The molecule has 0 aromatic heterocycles. The largest absolute Gasteiger partial charge is 0.370 e. The molecule has 0 rings (SSSR count). The van der Waals surface area contributed by atoms with Crippen molar-refractivity contribution in [3.8, 4) is 0 Å². The maximum atomic E-state index is 9.86. The zero-order valence-electron chi connectivity index (χ0n) is 8.73. The lowest BCUT2D eigenvalue weighted by Crippen LogP contribution is -2.32. The summed E-state index contributed by atoms with van der Waals surface area (Å²) < 4.78 is 0. The molecule has 0 saturated heterocycles. The van der Waals surface area contributed by atoms with Crippen molar-refractivity contribution in [3.63, 3.8) is 0 Å². The van der Waals surface area contributed by atoms with Crippen LogP contribution < -0.4 is 16.9 Å².